The smallest absolute Gasteiger partial charge is 0.416 e. The Hall–Kier alpha value is -3.30. The Bertz CT molecular complexity index is 1080. The lowest BCUT2D eigenvalue weighted by molar-refractivity contribution is -0.0886. The summed E-state index contributed by atoms with van der Waals surface area (Å²) in [6.45, 7) is 1.61. The third kappa shape index (κ3) is 4.47. The number of ether oxygens (including phenoxy) is 1. The normalized spacial score (nSPS) is 14.9. The van der Waals surface area contributed by atoms with Crippen molar-refractivity contribution in [3.63, 3.8) is 0 Å². The number of methoxy groups -OCH3 is 1. The Morgan fingerprint density at radius 3 is 2.73 bits per heavy atom. The summed E-state index contributed by atoms with van der Waals surface area (Å²) < 4.78 is 46.4. The first-order valence-electron chi connectivity index (χ1n) is 9.15. The quantitative estimate of drug-likeness (QED) is 0.526. The number of nitrogens with zero attached hydrogens (tertiary/aromatic N) is 4. The molecule has 1 aliphatic rings. The van der Waals surface area contributed by atoms with Gasteiger partial charge in [-0.25, -0.2) is 14.0 Å². The fraction of sp³-hybridized carbons (Fsp3) is 0.350. The summed E-state index contributed by atoms with van der Waals surface area (Å²) in [5.74, 6) is 0. The van der Waals surface area contributed by atoms with Crippen LogP contribution in [0.4, 0.5) is 13.2 Å². The fourth-order valence-corrected chi connectivity index (χ4v) is 3.07. The van der Waals surface area contributed by atoms with Gasteiger partial charge in [-0.1, -0.05) is 29.4 Å². The molecule has 0 amide bonds. The maximum atomic E-state index is 12.9. The Balaban J connectivity index is 1.81. The largest absolute Gasteiger partial charge is 0.467 e. The van der Waals surface area contributed by atoms with Crippen LogP contribution in [0.5, 0.6) is 6.01 Å². The van der Waals surface area contributed by atoms with Gasteiger partial charge in [-0.15, -0.1) is 5.10 Å². The molecule has 160 valence electrons. The van der Waals surface area contributed by atoms with Crippen LogP contribution in [0, 0.1) is 0 Å². The molecule has 1 aliphatic carbocycles. The first-order chi connectivity index (χ1) is 14.2. The Morgan fingerprint density at radius 1 is 1.30 bits per heavy atom. The second kappa shape index (κ2) is 8.60. The molecule has 30 heavy (non-hydrogen) atoms. The average Bonchev–Trinajstić information content (AvgIpc) is 3.01. The molecule has 1 aromatic carbocycles. The summed E-state index contributed by atoms with van der Waals surface area (Å²) in [4.78, 5) is 17.8. The number of hydrogen-bond acceptors (Lipinski definition) is 5. The molecule has 0 atom stereocenters. The number of allylic oxidation sites excluding steroid dienone is 4. The van der Waals surface area contributed by atoms with Gasteiger partial charge >= 0.3 is 17.9 Å². The molecular weight excluding hydrogens is 401 g/mol. The highest BCUT2D eigenvalue weighted by Crippen LogP contribution is 2.32. The van der Waals surface area contributed by atoms with Crippen molar-refractivity contribution < 1.29 is 22.7 Å². The highest BCUT2D eigenvalue weighted by atomic mass is 19.4. The monoisotopic (exact) mass is 422 g/mol. The number of oxime groups is 1. The number of aromatic nitrogens is 3. The van der Waals surface area contributed by atoms with Crippen LogP contribution in [0.25, 0.3) is 5.69 Å². The second-order valence-corrected chi connectivity index (χ2v) is 6.67. The molecule has 0 saturated carbocycles. The van der Waals surface area contributed by atoms with Crippen LogP contribution in [-0.4, -0.2) is 33.3 Å². The molecule has 0 unspecified atom stereocenters. The predicted octanol–water partition coefficient (Wildman–Crippen LogP) is 3.68. The molecule has 0 saturated heterocycles. The van der Waals surface area contributed by atoms with E-state index in [1.54, 1.807) is 31.2 Å². The minimum Gasteiger partial charge on any atom is -0.467 e. The lowest BCUT2D eigenvalue weighted by atomic mass is 9.96. The van der Waals surface area contributed by atoms with Crippen molar-refractivity contribution in [3.8, 4) is 11.7 Å². The molecule has 0 N–H and O–H groups in total. The van der Waals surface area contributed by atoms with Crippen LogP contribution in [0.15, 0.2) is 57.5 Å². The van der Waals surface area contributed by atoms with Gasteiger partial charge < -0.3 is 9.57 Å². The summed E-state index contributed by atoms with van der Waals surface area (Å²) >= 11 is 0. The van der Waals surface area contributed by atoms with E-state index in [2.05, 4.69) is 10.3 Å². The van der Waals surface area contributed by atoms with Gasteiger partial charge in [0.15, 0.2) is 0 Å². The maximum absolute atomic E-state index is 12.9. The van der Waals surface area contributed by atoms with Crippen molar-refractivity contribution in [3.05, 3.63) is 63.6 Å². The fourth-order valence-electron chi connectivity index (χ4n) is 3.07. The lowest BCUT2D eigenvalue weighted by Crippen LogP contribution is -2.22. The van der Waals surface area contributed by atoms with Crippen LogP contribution in [0.1, 0.15) is 25.3 Å². The van der Waals surface area contributed by atoms with E-state index in [4.69, 9.17) is 9.57 Å². The first kappa shape index (κ1) is 21.4. The number of aryl methyl sites for hydroxylation is 1. The highest BCUT2D eigenvalue weighted by Gasteiger charge is 2.33. The van der Waals surface area contributed by atoms with Gasteiger partial charge in [-0.2, -0.15) is 13.2 Å². The number of alkyl halides is 3. The van der Waals surface area contributed by atoms with Crippen molar-refractivity contribution in [2.45, 2.75) is 32.5 Å². The summed E-state index contributed by atoms with van der Waals surface area (Å²) in [6.07, 6.45) is -1.37. The standard InChI is InChI=1S/C20H21F3N4O3/c1-13(14-8-6-9-16(11-14)20(21,22)23)25-30-12-15-7-4-5-10-17(15)27-18(29-3)24-26(2)19(27)28/h4-5,7,9-11H,6,8,12H2,1-3H3/b25-13+. The van der Waals surface area contributed by atoms with E-state index in [1.807, 2.05) is 0 Å². The SMILES string of the molecule is COc1nn(C)c(=O)n1-c1ccccc1CO/N=C(\C)C1=CC(C(F)(F)F)=CCC1. The minimum atomic E-state index is -4.39. The van der Waals surface area contributed by atoms with E-state index in [0.29, 0.717) is 35.4 Å². The van der Waals surface area contributed by atoms with E-state index >= 15 is 0 Å². The zero-order valence-corrected chi connectivity index (χ0v) is 16.7. The average molecular weight is 422 g/mol. The van der Waals surface area contributed by atoms with Crippen molar-refractivity contribution in [1.29, 1.82) is 0 Å². The molecule has 0 bridgehead atoms. The molecule has 2 aromatic rings. The highest BCUT2D eigenvalue weighted by molar-refractivity contribution is 5.98. The number of rotatable bonds is 6. The van der Waals surface area contributed by atoms with Crippen LogP contribution >= 0.6 is 0 Å². The summed E-state index contributed by atoms with van der Waals surface area (Å²) in [6, 6.07) is 7.11. The van der Waals surface area contributed by atoms with E-state index < -0.39 is 17.4 Å². The van der Waals surface area contributed by atoms with Gasteiger partial charge in [0.25, 0.3) is 0 Å². The first-order valence-corrected chi connectivity index (χ1v) is 9.15. The Morgan fingerprint density at radius 2 is 2.03 bits per heavy atom. The molecule has 7 nitrogen and oxygen atoms in total. The lowest BCUT2D eigenvalue weighted by Gasteiger charge is -2.16. The van der Waals surface area contributed by atoms with E-state index in [-0.39, 0.29) is 12.6 Å². The molecule has 0 aliphatic heterocycles. The van der Waals surface area contributed by atoms with Crippen LogP contribution < -0.4 is 10.4 Å². The molecular formula is C20H21F3N4O3. The molecule has 1 aromatic heterocycles. The molecule has 3 rings (SSSR count). The van der Waals surface area contributed by atoms with Gasteiger partial charge in [0.2, 0.25) is 0 Å². The Labute approximate surface area is 170 Å². The topological polar surface area (TPSA) is 70.6 Å². The van der Waals surface area contributed by atoms with Gasteiger partial charge in [0.1, 0.15) is 6.61 Å². The third-order valence-corrected chi connectivity index (χ3v) is 4.63. The summed E-state index contributed by atoms with van der Waals surface area (Å²) in [7, 11) is 2.92. The molecule has 0 radical (unpaired) electrons. The van der Waals surface area contributed by atoms with Crippen molar-refractivity contribution in [2.75, 3.05) is 7.11 Å². The van der Waals surface area contributed by atoms with E-state index in [1.165, 1.54) is 24.8 Å². The van der Waals surface area contributed by atoms with E-state index in [9.17, 15) is 18.0 Å². The second-order valence-electron chi connectivity index (χ2n) is 6.67. The minimum absolute atomic E-state index is 0.00719. The van der Waals surface area contributed by atoms with Gasteiger partial charge in [0, 0.05) is 12.6 Å². The molecule has 10 heteroatoms. The maximum Gasteiger partial charge on any atom is 0.416 e. The van der Waals surface area contributed by atoms with Gasteiger partial charge in [-0.3, -0.25) is 0 Å². The zero-order chi connectivity index (χ0) is 21.9. The molecule has 0 spiro atoms. The Kier molecular flexibility index (Phi) is 6.14. The van der Waals surface area contributed by atoms with Crippen molar-refractivity contribution >= 4 is 5.71 Å². The van der Waals surface area contributed by atoms with E-state index in [0.717, 1.165) is 10.8 Å². The van der Waals surface area contributed by atoms with Crippen LogP contribution in [0.2, 0.25) is 0 Å². The van der Waals surface area contributed by atoms with Crippen LogP contribution in [-0.2, 0) is 18.5 Å². The van der Waals surface area contributed by atoms with Gasteiger partial charge in [0.05, 0.1) is 24.1 Å². The number of hydrogen-bond donors (Lipinski definition) is 0. The van der Waals surface area contributed by atoms with Gasteiger partial charge in [-0.05, 0) is 37.5 Å². The molecule has 0 fully saturated rings. The van der Waals surface area contributed by atoms with Crippen LogP contribution in [0.3, 0.4) is 0 Å². The number of halogens is 3. The zero-order valence-electron chi connectivity index (χ0n) is 16.7. The summed E-state index contributed by atoms with van der Waals surface area (Å²) in [5, 5.41) is 7.99. The predicted molar refractivity (Wildman–Crippen MR) is 105 cm³/mol. The third-order valence-electron chi connectivity index (χ3n) is 4.63. The molecule has 1 heterocycles. The number of para-hydroxylation sites is 1. The van der Waals surface area contributed by atoms with Crippen molar-refractivity contribution in [2.24, 2.45) is 12.2 Å². The number of benzene rings is 1. The summed E-state index contributed by atoms with van der Waals surface area (Å²) in [5.41, 5.74) is 0.932. The van der Waals surface area contributed by atoms with Crippen molar-refractivity contribution in [1.82, 2.24) is 14.3 Å².